The van der Waals surface area contributed by atoms with Crippen molar-refractivity contribution >= 4 is 81.4 Å². The van der Waals surface area contributed by atoms with Gasteiger partial charge in [0.2, 0.25) is 0 Å². The first kappa shape index (κ1) is 21.8. The Kier molecular flexibility index (Phi) is 4.56. The molecule has 9 aromatic carbocycles. The summed E-state index contributed by atoms with van der Waals surface area (Å²) in [5.74, 6) is -0.877. The topological polar surface area (TPSA) is 37.3 Å². The maximum Gasteiger partial charge on any atom is 0.336 e. The minimum absolute atomic E-state index is 0.366. The van der Waals surface area contributed by atoms with Gasteiger partial charge in [0.1, 0.15) is 0 Å². The van der Waals surface area contributed by atoms with Crippen LogP contribution in [0.4, 0.5) is 0 Å². The fraction of sp³-hybridized carbons (Fsp3) is 0. The van der Waals surface area contributed by atoms with E-state index in [0.717, 1.165) is 32.3 Å². The predicted octanol–water partition coefficient (Wildman–Crippen LogP) is 10.0. The Bertz CT molecular complexity index is 2180. The van der Waals surface area contributed by atoms with Crippen LogP contribution in [0.5, 0.6) is 0 Å². The summed E-state index contributed by atoms with van der Waals surface area (Å²) >= 11 is 0. The van der Waals surface area contributed by atoms with E-state index in [4.69, 9.17) is 0 Å². The highest BCUT2D eigenvalue weighted by molar-refractivity contribution is 6.32. The van der Waals surface area contributed by atoms with Gasteiger partial charge in [0.05, 0.1) is 5.56 Å². The molecule has 9 aromatic rings. The summed E-state index contributed by atoms with van der Waals surface area (Å²) in [6.45, 7) is 0. The Hall–Kier alpha value is -5.21. The highest BCUT2D eigenvalue weighted by Gasteiger charge is 2.14. The van der Waals surface area contributed by atoms with Gasteiger partial charge in [-0.3, -0.25) is 0 Å². The Morgan fingerprint density at radius 2 is 0.718 bits per heavy atom. The zero-order chi connectivity index (χ0) is 26.1. The summed E-state index contributed by atoms with van der Waals surface area (Å²) in [5.41, 5.74) is 0.366. The van der Waals surface area contributed by atoms with Crippen LogP contribution in [-0.2, 0) is 0 Å². The number of carboxylic acids is 1. The molecule has 0 aromatic heterocycles. The monoisotopic (exact) mass is 498 g/mol. The van der Waals surface area contributed by atoms with E-state index >= 15 is 0 Å². The van der Waals surface area contributed by atoms with E-state index in [9.17, 15) is 9.90 Å². The molecule has 1 N–H and O–H groups in total. The number of benzene rings is 9. The Balaban J connectivity index is 0.000000121. The van der Waals surface area contributed by atoms with Gasteiger partial charge in [-0.2, -0.15) is 0 Å². The van der Waals surface area contributed by atoms with Gasteiger partial charge in [-0.25, -0.2) is 4.79 Å². The normalized spacial score (nSPS) is 11.8. The molecule has 0 spiro atoms. The van der Waals surface area contributed by atoms with E-state index in [0.29, 0.717) is 5.56 Å². The largest absolute Gasteiger partial charge is 0.478 e. The van der Waals surface area contributed by atoms with Gasteiger partial charge in [0.25, 0.3) is 0 Å². The highest BCUT2D eigenvalue weighted by Crippen LogP contribution is 2.40. The van der Waals surface area contributed by atoms with Crippen molar-refractivity contribution in [1.82, 2.24) is 0 Å². The Morgan fingerprint density at radius 3 is 1.18 bits per heavy atom. The summed E-state index contributed by atoms with van der Waals surface area (Å²) in [4.78, 5) is 11.3. The fourth-order valence-electron chi connectivity index (χ4n) is 6.50. The number of carboxylic acid groups (broad SMARTS) is 1. The molecule has 0 saturated carbocycles. The predicted molar refractivity (Wildman–Crippen MR) is 165 cm³/mol. The SMILES string of the molecule is O=C(O)c1ccc2ccc3cccc4ccc1c2c34.c1cc2cccc3c4cccc5cccc(c(c1)c23)c54. The van der Waals surface area contributed by atoms with Crippen LogP contribution in [0, 0.1) is 0 Å². The molecule has 0 atom stereocenters. The molecule has 9 rings (SSSR count). The van der Waals surface area contributed by atoms with Crippen molar-refractivity contribution in [3.63, 3.8) is 0 Å². The van der Waals surface area contributed by atoms with Crippen molar-refractivity contribution in [1.29, 1.82) is 0 Å². The van der Waals surface area contributed by atoms with E-state index in [2.05, 4.69) is 97.1 Å². The molecule has 0 aliphatic rings. The molecule has 182 valence electrons. The summed E-state index contributed by atoms with van der Waals surface area (Å²) in [6.07, 6.45) is 0. The van der Waals surface area contributed by atoms with Crippen LogP contribution >= 0.6 is 0 Å². The van der Waals surface area contributed by atoms with Crippen molar-refractivity contribution in [2.45, 2.75) is 0 Å². The molecule has 0 aliphatic heterocycles. The average molecular weight is 499 g/mol. The van der Waals surface area contributed by atoms with E-state index in [1.165, 1.54) is 43.1 Å². The number of hydrogen-bond acceptors (Lipinski definition) is 1. The van der Waals surface area contributed by atoms with E-state index in [1.807, 2.05) is 24.3 Å². The van der Waals surface area contributed by atoms with Crippen LogP contribution < -0.4 is 0 Å². The highest BCUT2D eigenvalue weighted by atomic mass is 16.4. The molecular formula is C37H22O2. The second-order valence-corrected chi connectivity index (χ2v) is 10.2. The van der Waals surface area contributed by atoms with Crippen LogP contribution in [0.25, 0.3) is 75.4 Å². The van der Waals surface area contributed by atoms with Gasteiger partial charge in [-0.1, -0.05) is 121 Å². The number of aromatic carboxylic acids is 1. The van der Waals surface area contributed by atoms with Gasteiger partial charge in [-0.15, -0.1) is 0 Å². The van der Waals surface area contributed by atoms with Crippen molar-refractivity contribution in [2.75, 3.05) is 0 Å². The lowest BCUT2D eigenvalue weighted by Crippen LogP contribution is -1.98. The molecular weight excluding hydrogens is 476 g/mol. The number of fused-ring (bicyclic) bond motifs is 2. The molecule has 39 heavy (non-hydrogen) atoms. The Labute approximate surface area is 224 Å². The number of hydrogen-bond donors (Lipinski definition) is 1. The molecule has 2 nitrogen and oxygen atoms in total. The lowest BCUT2D eigenvalue weighted by atomic mass is 9.90. The molecule has 0 aliphatic carbocycles. The van der Waals surface area contributed by atoms with Crippen molar-refractivity contribution in [3.05, 3.63) is 133 Å². The number of rotatable bonds is 1. The summed E-state index contributed by atoms with van der Waals surface area (Å²) < 4.78 is 0. The minimum atomic E-state index is -0.877. The second kappa shape index (κ2) is 8.14. The van der Waals surface area contributed by atoms with Crippen molar-refractivity contribution in [3.8, 4) is 0 Å². The molecule has 2 heteroatoms. The minimum Gasteiger partial charge on any atom is -0.478 e. The van der Waals surface area contributed by atoms with Crippen LogP contribution in [0.15, 0.2) is 127 Å². The van der Waals surface area contributed by atoms with E-state index in [-0.39, 0.29) is 0 Å². The smallest absolute Gasteiger partial charge is 0.336 e. The quantitative estimate of drug-likeness (QED) is 0.181. The molecule has 0 heterocycles. The third-order valence-corrected chi connectivity index (χ3v) is 8.15. The van der Waals surface area contributed by atoms with Crippen LogP contribution in [0.2, 0.25) is 0 Å². The maximum absolute atomic E-state index is 11.3. The average Bonchev–Trinajstić information content (AvgIpc) is 2.98. The third kappa shape index (κ3) is 3.12. The molecule has 0 amide bonds. The molecule has 0 bridgehead atoms. The van der Waals surface area contributed by atoms with Crippen LogP contribution in [0.1, 0.15) is 10.4 Å². The maximum atomic E-state index is 11.3. The summed E-state index contributed by atoms with van der Waals surface area (Å²) in [5, 5.41) is 26.6. The zero-order valence-corrected chi connectivity index (χ0v) is 21.0. The fourth-order valence-corrected chi connectivity index (χ4v) is 6.50. The van der Waals surface area contributed by atoms with Gasteiger partial charge in [0.15, 0.2) is 0 Å². The van der Waals surface area contributed by atoms with Gasteiger partial charge in [-0.05, 0) is 81.5 Å². The van der Waals surface area contributed by atoms with Gasteiger partial charge < -0.3 is 5.11 Å². The Morgan fingerprint density at radius 1 is 0.359 bits per heavy atom. The summed E-state index contributed by atoms with van der Waals surface area (Å²) in [6, 6.07) is 44.2. The zero-order valence-electron chi connectivity index (χ0n) is 21.0. The lowest BCUT2D eigenvalue weighted by Gasteiger charge is -2.13. The molecule has 0 unspecified atom stereocenters. The molecule has 0 saturated heterocycles. The van der Waals surface area contributed by atoms with E-state index < -0.39 is 5.97 Å². The first-order chi connectivity index (χ1) is 19.2. The number of carbonyl (C=O) groups is 1. The second-order valence-electron chi connectivity index (χ2n) is 10.2. The van der Waals surface area contributed by atoms with E-state index in [1.54, 1.807) is 6.07 Å². The summed E-state index contributed by atoms with van der Waals surface area (Å²) in [7, 11) is 0. The molecule has 0 radical (unpaired) electrons. The first-order valence-corrected chi connectivity index (χ1v) is 13.1. The van der Waals surface area contributed by atoms with Crippen LogP contribution in [0.3, 0.4) is 0 Å². The standard InChI is InChI=1S/C20H12.C17H10O2/c1-5-13-6-2-11-17-18-12-4-8-14-7-3-10-16(20(14)18)15(9-1)19(13)17;18-17(19)14-9-7-12-5-4-10-2-1-3-11-6-8-13(14)16(12)15(10)11/h1-12H;1-9H,(H,18,19). The van der Waals surface area contributed by atoms with Gasteiger partial charge in [0, 0.05) is 0 Å². The lowest BCUT2D eigenvalue weighted by molar-refractivity contribution is 0.0699. The van der Waals surface area contributed by atoms with Crippen molar-refractivity contribution in [2.24, 2.45) is 0 Å². The van der Waals surface area contributed by atoms with Crippen LogP contribution in [-0.4, -0.2) is 11.1 Å². The third-order valence-electron chi connectivity index (χ3n) is 8.15. The van der Waals surface area contributed by atoms with Gasteiger partial charge >= 0.3 is 5.97 Å². The van der Waals surface area contributed by atoms with Crippen molar-refractivity contribution < 1.29 is 9.90 Å². The first-order valence-electron chi connectivity index (χ1n) is 13.1. The molecule has 0 fully saturated rings.